The second-order valence-electron chi connectivity index (χ2n) is 2.77. The van der Waals surface area contributed by atoms with Gasteiger partial charge in [-0.05, 0) is 18.2 Å². The molecule has 7 heteroatoms. The van der Waals surface area contributed by atoms with Gasteiger partial charge < -0.3 is 17.7 Å². The Bertz CT molecular complexity index is 402. The number of hydrogen-bond donors (Lipinski definition) is 0. The van der Waals surface area contributed by atoms with E-state index < -0.39 is 13.5 Å². The first-order valence-corrected chi connectivity index (χ1v) is 4.33. The summed E-state index contributed by atoms with van der Waals surface area (Å²) in [6.07, 6.45) is 0. The molecule has 0 saturated carbocycles. The van der Waals surface area contributed by atoms with E-state index in [-0.39, 0.29) is 16.3 Å². The van der Waals surface area contributed by atoms with E-state index in [0.29, 0.717) is 0 Å². The number of hydrogen-bond acceptors (Lipinski definition) is 2. The van der Waals surface area contributed by atoms with E-state index in [0.717, 1.165) is 0 Å². The maximum atomic E-state index is 11.8. The first-order chi connectivity index (χ1) is 6.92. The van der Waals surface area contributed by atoms with Crippen molar-refractivity contribution in [2.75, 3.05) is 6.51 Å². The van der Waals surface area contributed by atoms with Crippen LogP contribution in [0.15, 0.2) is 18.2 Å². The summed E-state index contributed by atoms with van der Waals surface area (Å²) in [5.74, 6) is -0.00167. The predicted molar refractivity (Wildman–Crippen MR) is 50.7 cm³/mol. The topological polar surface area (TPSA) is 33.0 Å². The van der Waals surface area contributed by atoms with E-state index in [1.807, 2.05) is 0 Å². The van der Waals surface area contributed by atoms with Crippen LogP contribution in [0.4, 0.5) is 12.9 Å². The van der Waals surface area contributed by atoms with Crippen LogP contribution in [0.5, 0.6) is 5.75 Å². The summed E-state index contributed by atoms with van der Waals surface area (Å²) < 4.78 is 40.0. The van der Waals surface area contributed by atoms with Gasteiger partial charge >= 0.3 is 6.98 Å². The molecule has 1 aromatic rings. The fraction of sp³-hybridized carbons (Fsp3) is 0.125. The minimum atomic E-state index is -4.98. The van der Waals surface area contributed by atoms with E-state index in [4.69, 9.17) is 16.9 Å². The third-order valence-electron chi connectivity index (χ3n) is 1.50. The Labute approximate surface area is 89.3 Å². The summed E-state index contributed by atoms with van der Waals surface area (Å²) in [5.41, 5.74) is 0.196. The highest BCUT2D eigenvalue weighted by atomic mass is 35.5. The quantitative estimate of drug-likeness (QED) is 0.753. The predicted octanol–water partition coefficient (Wildman–Crippen LogP) is 2.98. The molecule has 15 heavy (non-hydrogen) atoms. The van der Waals surface area contributed by atoms with Gasteiger partial charge in [0.15, 0.2) is 0 Å². The summed E-state index contributed by atoms with van der Waals surface area (Å²) in [4.78, 5) is 0. The molecule has 0 spiro atoms. The second kappa shape index (κ2) is 4.45. The zero-order chi connectivity index (χ0) is 11.5. The fourth-order valence-corrected chi connectivity index (χ4v) is 1.08. The Balaban J connectivity index is 2.73. The summed E-state index contributed by atoms with van der Waals surface area (Å²) in [6.45, 7) is -6.30. The fourth-order valence-electron chi connectivity index (χ4n) is 0.867. The molecular formula is C8H5BClF3NO-. The van der Waals surface area contributed by atoms with Gasteiger partial charge in [0.1, 0.15) is 11.8 Å². The van der Waals surface area contributed by atoms with Crippen LogP contribution in [0.25, 0.3) is 0 Å². The lowest BCUT2D eigenvalue weighted by Gasteiger charge is -2.15. The van der Waals surface area contributed by atoms with Gasteiger partial charge in [-0.3, -0.25) is 0 Å². The number of benzene rings is 1. The molecule has 0 aliphatic carbocycles. The molecule has 0 bridgehead atoms. The zero-order valence-electron chi connectivity index (χ0n) is 7.38. The molecule has 0 fully saturated rings. The molecule has 0 atom stereocenters. The molecule has 0 N–H and O–H groups in total. The standard InChI is InChI=1S/C8H5BClF3NO/c10-8-3-7(2-1-6(8)4-14)15-5-9(11,12)13/h1-3H,5H2/q-1. The van der Waals surface area contributed by atoms with Gasteiger partial charge in [-0.2, -0.15) is 5.26 Å². The van der Waals surface area contributed by atoms with Crippen LogP contribution < -0.4 is 4.74 Å². The van der Waals surface area contributed by atoms with Crippen molar-refractivity contribution in [2.45, 2.75) is 0 Å². The second-order valence-corrected chi connectivity index (χ2v) is 3.18. The minimum Gasteiger partial charge on any atom is -0.522 e. The van der Waals surface area contributed by atoms with Crippen molar-refractivity contribution in [3.05, 3.63) is 28.8 Å². The van der Waals surface area contributed by atoms with Crippen LogP contribution in [-0.2, 0) is 0 Å². The van der Waals surface area contributed by atoms with Gasteiger partial charge in [0, 0.05) is 0 Å². The third kappa shape index (κ3) is 3.72. The van der Waals surface area contributed by atoms with Crippen LogP contribution in [-0.4, -0.2) is 13.5 Å². The van der Waals surface area contributed by atoms with Gasteiger partial charge in [-0.15, -0.1) is 0 Å². The Morgan fingerprint density at radius 3 is 2.53 bits per heavy atom. The molecule has 0 aliphatic heterocycles. The van der Waals surface area contributed by atoms with Gasteiger partial charge in [-0.1, -0.05) is 11.6 Å². The molecule has 80 valence electrons. The molecular weight excluding hydrogens is 229 g/mol. The molecule has 0 radical (unpaired) electrons. The molecule has 2 nitrogen and oxygen atoms in total. The maximum absolute atomic E-state index is 11.8. The monoisotopic (exact) mass is 234 g/mol. The van der Waals surface area contributed by atoms with Gasteiger partial charge in [0.2, 0.25) is 0 Å². The average Bonchev–Trinajstić information content (AvgIpc) is 2.14. The van der Waals surface area contributed by atoms with E-state index in [1.54, 1.807) is 6.07 Å². The third-order valence-corrected chi connectivity index (χ3v) is 1.81. The average molecular weight is 234 g/mol. The number of nitriles is 1. The SMILES string of the molecule is N#Cc1ccc(OC[B-](F)(F)F)cc1Cl. The largest absolute Gasteiger partial charge is 0.522 e. The lowest BCUT2D eigenvalue weighted by molar-refractivity contribution is 0.313. The van der Waals surface area contributed by atoms with E-state index in [9.17, 15) is 12.9 Å². The number of ether oxygens (including phenoxy) is 1. The zero-order valence-corrected chi connectivity index (χ0v) is 8.14. The van der Waals surface area contributed by atoms with Crippen molar-refractivity contribution in [1.82, 2.24) is 0 Å². The van der Waals surface area contributed by atoms with Crippen molar-refractivity contribution in [3.8, 4) is 11.8 Å². The molecule has 0 heterocycles. The van der Waals surface area contributed by atoms with E-state index in [2.05, 4.69) is 4.74 Å². The highest BCUT2D eigenvalue weighted by molar-refractivity contribution is 6.58. The molecule has 0 aromatic heterocycles. The van der Waals surface area contributed by atoms with Crippen LogP contribution in [0, 0.1) is 11.3 Å². The Kier molecular flexibility index (Phi) is 3.48. The Morgan fingerprint density at radius 2 is 2.07 bits per heavy atom. The number of rotatable bonds is 3. The molecule has 0 saturated heterocycles. The molecule has 0 aliphatic rings. The lowest BCUT2D eigenvalue weighted by Crippen LogP contribution is -2.26. The summed E-state index contributed by atoms with van der Waals surface area (Å²) in [5, 5.41) is 8.59. The smallest absolute Gasteiger partial charge is 0.515 e. The molecule has 1 aromatic carbocycles. The first kappa shape index (κ1) is 11.7. The number of nitrogens with zero attached hydrogens (tertiary/aromatic N) is 1. The van der Waals surface area contributed by atoms with Gasteiger partial charge in [0.25, 0.3) is 0 Å². The first-order valence-electron chi connectivity index (χ1n) is 3.96. The van der Waals surface area contributed by atoms with Gasteiger partial charge in [-0.25, -0.2) is 0 Å². The Hall–Kier alpha value is -1.35. The molecule has 0 unspecified atom stereocenters. The normalized spacial score (nSPS) is 10.9. The van der Waals surface area contributed by atoms with Crippen LogP contribution >= 0.6 is 11.6 Å². The van der Waals surface area contributed by atoms with Crippen molar-refractivity contribution in [3.63, 3.8) is 0 Å². The maximum Gasteiger partial charge on any atom is 0.515 e. The lowest BCUT2D eigenvalue weighted by atomic mass is 9.95. The highest BCUT2D eigenvalue weighted by Crippen LogP contribution is 2.22. The van der Waals surface area contributed by atoms with Crippen molar-refractivity contribution >= 4 is 18.6 Å². The Morgan fingerprint density at radius 1 is 1.40 bits per heavy atom. The minimum absolute atomic E-state index is 0.00167. The summed E-state index contributed by atoms with van der Waals surface area (Å²) >= 11 is 5.60. The van der Waals surface area contributed by atoms with Gasteiger partial charge in [0.05, 0.1) is 17.1 Å². The highest BCUT2D eigenvalue weighted by Gasteiger charge is 2.24. The summed E-state index contributed by atoms with van der Waals surface area (Å²) in [6, 6.07) is 5.55. The van der Waals surface area contributed by atoms with E-state index >= 15 is 0 Å². The van der Waals surface area contributed by atoms with Crippen molar-refractivity contribution < 1.29 is 17.7 Å². The van der Waals surface area contributed by atoms with E-state index in [1.165, 1.54) is 18.2 Å². The van der Waals surface area contributed by atoms with Crippen molar-refractivity contribution in [2.24, 2.45) is 0 Å². The number of halogens is 4. The molecule has 0 amide bonds. The van der Waals surface area contributed by atoms with Crippen LogP contribution in [0.1, 0.15) is 5.56 Å². The summed E-state index contributed by atoms with van der Waals surface area (Å²) in [7, 11) is 0. The molecule has 1 rings (SSSR count). The van der Waals surface area contributed by atoms with Crippen molar-refractivity contribution in [1.29, 1.82) is 5.26 Å². The van der Waals surface area contributed by atoms with Crippen LogP contribution in [0.3, 0.4) is 0 Å². The van der Waals surface area contributed by atoms with Crippen LogP contribution in [0.2, 0.25) is 5.02 Å².